The van der Waals surface area contributed by atoms with E-state index in [4.69, 9.17) is 14.2 Å². The molecule has 0 radical (unpaired) electrons. The normalized spacial score (nSPS) is 11.7. The van der Waals surface area contributed by atoms with Gasteiger partial charge >= 0.3 is 5.97 Å². The van der Waals surface area contributed by atoms with Gasteiger partial charge in [-0.1, -0.05) is 72.1 Å². The van der Waals surface area contributed by atoms with Crippen molar-refractivity contribution < 1.29 is 23.5 Å². The molecule has 0 aliphatic carbocycles. The maximum absolute atomic E-state index is 11.9. The monoisotopic (exact) mass is 430 g/mol. The largest absolute Gasteiger partial charge is 0.460 e. The van der Waals surface area contributed by atoms with E-state index in [2.05, 4.69) is 27.8 Å². The number of carbonyl (C=O) groups is 1. The smallest absolute Gasteiger partial charge is 0.305 e. The second-order valence-corrected chi connectivity index (χ2v) is 8.81. The first-order chi connectivity index (χ1) is 14.6. The highest BCUT2D eigenvalue weighted by Crippen LogP contribution is 2.06. The maximum atomic E-state index is 11.9. The van der Waals surface area contributed by atoms with E-state index in [0.717, 1.165) is 82.6 Å². The molecule has 0 bridgehead atoms. The number of quaternary nitrogens is 1. The van der Waals surface area contributed by atoms with Gasteiger partial charge in [0.1, 0.15) is 26.2 Å². The Balaban J connectivity index is 4.19. The van der Waals surface area contributed by atoms with Gasteiger partial charge in [0, 0.05) is 19.6 Å². The zero-order valence-electron chi connectivity index (χ0n) is 20.7. The molecule has 5 nitrogen and oxygen atoms in total. The van der Waals surface area contributed by atoms with Crippen LogP contribution in [0.5, 0.6) is 0 Å². The van der Waals surface area contributed by atoms with Gasteiger partial charge in [0.2, 0.25) is 0 Å². The van der Waals surface area contributed by atoms with Crippen LogP contribution in [0.1, 0.15) is 97.8 Å². The molecule has 5 heteroatoms. The van der Waals surface area contributed by atoms with Crippen LogP contribution in [0.25, 0.3) is 0 Å². The molecule has 0 aliphatic rings. The summed E-state index contributed by atoms with van der Waals surface area (Å²) in [7, 11) is 2.23. The fourth-order valence-electron chi connectivity index (χ4n) is 3.34. The molecular formula is C25H52NO4+. The fraction of sp³-hybridized carbons (Fsp3) is 0.960. The van der Waals surface area contributed by atoms with Crippen LogP contribution in [0.2, 0.25) is 0 Å². The first-order valence-corrected chi connectivity index (χ1v) is 12.7. The molecule has 180 valence electrons. The van der Waals surface area contributed by atoms with Crippen molar-refractivity contribution in [1.29, 1.82) is 0 Å². The van der Waals surface area contributed by atoms with E-state index in [1.807, 2.05) is 0 Å². The number of rotatable bonds is 23. The maximum Gasteiger partial charge on any atom is 0.305 e. The average molecular weight is 431 g/mol. The Morgan fingerprint density at radius 3 is 1.57 bits per heavy atom. The van der Waals surface area contributed by atoms with E-state index in [0.29, 0.717) is 13.0 Å². The highest BCUT2D eigenvalue weighted by molar-refractivity contribution is 5.69. The van der Waals surface area contributed by atoms with Crippen LogP contribution in [0, 0.1) is 0 Å². The first-order valence-electron chi connectivity index (χ1n) is 12.7. The zero-order valence-corrected chi connectivity index (χ0v) is 20.7. The van der Waals surface area contributed by atoms with Gasteiger partial charge in [0.25, 0.3) is 0 Å². The summed E-state index contributed by atoms with van der Waals surface area (Å²) >= 11 is 0. The fourth-order valence-corrected chi connectivity index (χ4v) is 3.34. The Morgan fingerprint density at radius 2 is 1.07 bits per heavy atom. The van der Waals surface area contributed by atoms with Gasteiger partial charge in [0.05, 0.1) is 20.3 Å². The number of likely N-dealkylation sites (N-methyl/N-ethyl adjacent to an activating group) is 1. The number of ether oxygens (including phenoxy) is 3. The molecule has 0 heterocycles. The topological polar surface area (TPSA) is 44.8 Å². The first kappa shape index (κ1) is 29.4. The third-order valence-electron chi connectivity index (χ3n) is 5.71. The highest BCUT2D eigenvalue weighted by Gasteiger charge is 2.22. The van der Waals surface area contributed by atoms with Crippen LogP contribution in [-0.2, 0) is 19.0 Å². The molecular weight excluding hydrogens is 378 g/mol. The molecule has 0 aromatic rings. The van der Waals surface area contributed by atoms with Crippen LogP contribution in [-0.4, -0.2) is 70.2 Å². The third-order valence-corrected chi connectivity index (χ3v) is 5.71. The van der Waals surface area contributed by atoms with Gasteiger partial charge in [-0.3, -0.25) is 4.79 Å². The van der Waals surface area contributed by atoms with E-state index in [1.54, 1.807) is 0 Å². The molecule has 0 saturated carbocycles. The molecule has 0 amide bonds. The van der Waals surface area contributed by atoms with Gasteiger partial charge in [-0.25, -0.2) is 0 Å². The van der Waals surface area contributed by atoms with Crippen molar-refractivity contribution in [2.45, 2.75) is 97.8 Å². The second-order valence-electron chi connectivity index (χ2n) is 8.81. The van der Waals surface area contributed by atoms with Crippen molar-refractivity contribution in [1.82, 2.24) is 0 Å². The van der Waals surface area contributed by atoms with Crippen molar-refractivity contribution in [2.75, 3.05) is 59.7 Å². The third kappa shape index (κ3) is 19.3. The summed E-state index contributed by atoms with van der Waals surface area (Å²) in [5, 5.41) is 0. The number of esters is 1. The average Bonchev–Trinajstić information content (AvgIpc) is 2.73. The summed E-state index contributed by atoms with van der Waals surface area (Å²) in [6, 6.07) is 0. The standard InChI is InChI=1S/C25H52NO4/c1-5-8-11-14-20-28-22-17-26(4,18-23-29-21-15-12-9-6-2)19-24-30-25(27)16-13-10-7-3/h5-24H2,1-4H3/q+1. The van der Waals surface area contributed by atoms with Crippen molar-refractivity contribution in [3.63, 3.8) is 0 Å². The van der Waals surface area contributed by atoms with Gasteiger partial charge in [-0.15, -0.1) is 0 Å². The Hall–Kier alpha value is -0.650. The highest BCUT2D eigenvalue weighted by atomic mass is 16.5. The Morgan fingerprint density at radius 1 is 0.600 bits per heavy atom. The van der Waals surface area contributed by atoms with Crippen molar-refractivity contribution >= 4 is 5.97 Å². The van der Waals surface area contributed by atoms with E-state index >= 15 is 0 Å². The van der Waals surface area contributed by atoms with Gasteiger partial charge in [0.15, 0.2) is 0 Å². The molecule has 0 saturated heterocycles. The van der Waals surface area contributed by atoms with E-state index in [9.17, 15) is 4.79 Å². The molecule has 0 spiro atoms. The molecule has 0 N–H and O–H groups in total. The molecule has 30 heavy (non-hydrogen) atoms. The quantitative estimate of drug-likeness (QED) is 0.118. The summed E-state index contributed by atoms with van der Waals surface area (Å²) in [5.41, 5.74) is 0. The summed E-state index contributed by atoms with van der Waals surface area (Å²) in [5.74, 6) is -0.0608. The molecule has 0 atom stereocenters. The number of carbonyl (C=O) groups excluding carboxylic acids is 1. The Kier molecular flexibility index (Phi) is 21.1. The second kappa shape index (κ2) is 21.6. The Bertz CT molecular complexity index is 358. The van der Waals surface area contributed by atoms with Gasteiger partial charge < -0.3 is 18.7 Å². The lowest BCUT2D eigenvalue weighted by atomic mass is 10.2. The number of hydrogen-bond acceptors (Lipinski definition) is 4. The number of unbranched alkanes of at least 4 members (excludes halogenated alkanes) is 8. The van der Waals surface area contributed by atoms with Crippen LogP contribution in [0.3, 0.4) is 0 Å². The van der Waals surface area contributed by atoms with E-state index < -0.39 is 0 Å². The summed E-state index contributed by atoms with van der Waals surface area (Å²) in [6.45, 7) is 13.0. The number of hydrogen-bond donors (Lipinski definition) is 0. The predicted octanol–water partition coefficient (Wildman–Crippen LogP) is 5.75. The lowest BCUT2D eigenvalue weighted by Gasteiger charge is -2.34. The van der Waals surface area contributed by atoms with E-state index in [-0.39, 0.29) is 5.97 Å². The minimum Gasteiger partial charge on any atom is -0.460 e. The molecule has 0 aliphatic heterocycles. The minimum atomic E-state index is -0.0608. The summed E-state index contributed by atoms with van der Waals surface area (Å²) in [6.07, 6.45) is 13.6. The van der Waals surface area contributed by atoms with Gasteiger partial charge in [-0.2, -0.15) is 0 Å². The van der Waals surface area contributed by atoms with E-state index in [1.165, 1.54) is 38.5 Å². The van der Waals surface area contributed by atoms with Crippen molar-refractivity contribution in [3.8, 4) is 0 Å². The summed E-state index contributed by atoms with van der Waals surface area (Å²) < 4.78 is 18.1. The van der Waals surface area contributed by atoms with Gasteiger partial charge in [-0.05, 0) is 19.3 Å². The predicted molar refractivity (Wildman–Crippen MR) is 126 cm³/mol. The molecule has 0 rings (SSSR count). The van der Waals surface area contributed by atoms with Crippen LogP contribution < -0.4 is 0 Å². The van der Waals surface area contributed by atoms with Crippen LogP contribution in [0.15, 0.2) is 0 Å². The number of nitrogens with zero attached hydrogens (tertiary/aromatic N) is 1. The Labute approximate surface area is 187 Å². The summed E-state index contributed by atoms with van der Waals surface area (Å²) in [4.78, 5) is 11.9. The minimum absolute atomic E-state index is 0.0608. The lowest BCUT2D eigenvalue weighted by Crippen LogP contribution is -2.50. The molecule has 0 aromatic carbocycles. The molecule has 0 fully saturated rings. The van der Waals surface area contributed by atoms with Crippen molar-refractivity contribution in [3.05, 3.63) is 0 Å². The lowest BCUT2D eigenvalue weighted by molar-refractivity contribution is -0.910. The van der Waals surface area contributed by atoms with Crippen LogP contribution >= 0.6 is 0 Å². The molecule has 0 unspecified atom stereocenters. The molecule has 0 aromatic heterocycles. The SMILES string of the molecule is CCCCCCOCC[N+](C)(CCOCCCCCC)CCOC(=O)CCCCC. The van der Waals surface area contributed by atoms with Crippen LogP contribution in [0.4, 0.5) is 0 Å². The van der Waals surface area contributed by atoms with Crippen molar-refractivity contribution in [2.24, 2.45) is 0 Å². The zero-order chi connectivity index (χ0) is 22.3.